The second-order valence-corrected chi connectivity index (χ2v) is 4.94. The van der Waals surface area contributed by atoms with Crippen LogP contribution >= 0.6 is 0 Å². The number of amides is 2. The van der Waals surface area contributed by atoms with Crippen molar-refractivity contribution in [3.05, 3.63) is 36.4 Å². The number of ether oxygens (including phenoxy) is 1. The van der Waals surface area contributed by atoms with E-state index >= 15 is 0 Å². The zero-order chi connectivity index (χ0) is 17.0. The first kappa shape index (κ1) is 17.0. The van der Waals surface area contributed by atoms with Crippen molar-refractivity contribution in [3.8, 4) is 0 Å². The Bertz CT molecular complexity index is 623. The Morgan fingerprint density at radius 1 is 1.30 bits per heavy atom. The van der Waals surface area contributed by atoms with Gasteiger partial charge < -0.3 is 15.4 Å². The fourth-order valence-corrected chi connectivity index (χ4v) is 2.16. The Labute approximate surface area is 130 Å². The molecule has 1 aliphatic heterocycles. The first-order chi connectivity index (χ1) is 10.8. The maximum Gasteiger partial charge on any atom is 0.418 e. The molecular weight excluding hydrogens is 313 g/mol. The van der Waals surface area contributed by atoms with Crippen molar-refractivity contribution < 1.29 is 27.5 Å². The summed E-state index contributed by atoms with van der Waals surface area (Å²) in [4.78, 5) is 23.1. The number of hydrogen-bond donors (Lipinski definition) is 2. The minimum Gasteiger partial charge on any atom is -0.368 e. The van der Waals surface area contributed by atoms with E-state index in [4.69, 9.17) is 4.74 Å². The molecule has 0 aromatic heterocycles. The summed E-state index contributed by atoms with van der Waals surface area (Å²) in [6, 6.07) is 3.13. The van der Waals surface area contributed by atoms with Gasteiger partial charge in [-0.2, -0.15) is 13.2 Å². The molecule has 1 heterocycles. The Morgan fingerprint density at radius 3 is 2.61 bits per heavy atom. The number of halogens is 3. The summed E-state index contributed by atoms with van der Waals surface area (Å²) in [6.45, 7) is 3.64. The van der Waals surface area contributed by atoms with Crippen molar-refractivity contribution in [1.29, 1.82) is 0 Å². The minimum atomic E-state index is -4.69. The monoisotopic (exact) mass is 328 g/mol. The van der Waals surface area contributed by atoms with Crippen molar-refractivity contribution in [1.82, 2.24) is 0 Å². The summed E-state index contributed by atoms with van der Waals surface area (Å²) in [5, 5.41) is 4.48. The number of carbonyl (C=O) groups excluding carboxylic acids is 2. The molecule has 0 spiro atoms. The average Bonchev–Trinajstić information content (AvgIpc) is 3.02. The van der Waals surface area contributed by atoms with Crippen molar-refractivity contribution in [2.24, 2.45) is 0 Å². The summed E-state index contributed by atoms with van der Waals surface area (Å²) < 4.78 is 44.5. The molecule has 1 fully saturated rings. The third-order valence-electron chi connectivity index (χ3n) is 3.26. The van der Waals surface area contributed by atoms with Crippen LogP contribution in [0.25, 0.3) is 0 Å². The van der Waals surface area contributed by atoms with Crippen LogP contribution in [0.5, 0.6) is 0 Å². The molecule has 2 N–H and O–H groups in total. The van der Waals surface area contributed by atoms with Crippen LogP contribution in [0, 0.1) is 0 Å². The first-order valence-corrected chi connectivity index (χ1v) is 6.88. The lowest BCUT2D eigenvalue weighted by molar-refractivity contribution is -0.137. The van der Waals surface area contributed by atoms with Gasteiger partial charge in [-0.15, -0.1) is 0 Å². The standard InChI is InChI=1S/C15H15F3N2O3/c1-2-13(21)20-11-6-5-9(8-10(11)15(16,17)18)19-14(22)12-4-3-7-23-12/h2,5-6,8,12H,1,3-4,7H2,(H,19,22)(H,20,21). The highest BCUT2D eigenvalue weighted by Crippen LogP contribution is 2.36. The molecule has 1 unspecified atom stereocenters. The summed E-state index contributed by atoms with van der Waals surface area (Å²) in [5.41, 5.74) is -1.48. The second kappa shape index (κ2) is 6.82. The van der Waals surface area contributed by atoms with Crippen LogP contribution in [-0.4, -0.2) is 24.5 Å². The smallest absolute Gasteiger partial charge is 0.368 e. The van der Waals surface area contributed by atoms with Crippen LogP contribution in [0.15, 0.2) is 30.9 Å². The molecule has 1 aromatic carbocycles. The van der Waals surface area contributed by atoms with Crippen molar-refractivity contribution in [2.75, 3.05) is 17.2 Å². The fourth-order valence-electron chi connectivity index (χ4n) is 2.16. The molecule has 2 amide bonds. The molecule has 0 aliphatic carbocycles. The normalized spacial score (nSPS) is 17.6. The summed E-state index contributed by atoms with van der Waals surface area (Å²) >= 11 is 0. The minimum absolute atomic E-state index is 0.0190. The van der Waals surface area contributed by atoms with E-state index in [1.807, 2.05) is 0 Å². The van der Waals surface area contributed by atoms with Gasteiger partial charge >= 0.3 is 6.18 Å². The zero-order valence-corrected chi connectivity index (χ0v) is 12.1. The van der Waals surface area contributed by atoms with Gasteiger partial charge in [0.1, 0.15) is 6.10 Å². The summed E-state index contributed by atoms with van der Waals surface area (Å²) in [7, 11) is 0. The summed E-state index contributed by atoms with van der Waals surface area (Å²) in [6.07, 6.45) is -3.20. The van der Waals surface area contributed by atoms with Gasteiger partial charge in [0.2, 0.25) is 5.91 Å². The van der Waals surface area contributed by atoms with Crippen LogP contribution in [0.3, 0.4) is 0 Å². The number of nitrogens with one attached hydrogen (secondary N) is 2. The topological polar surface area (TPSA) is 67.4 Å². The molecule has 8 heteroatoms. The Kier molecular flexibility index (Phi) is 5.05. The zero-order valence-electron chi connectivity index (χ0n) is 12.1. The Morgan fingerprint density at radius 2 is 2.04 bits per heavy atom. The predicted octanol–water partition coefficient (Wildman–Crippen LogP) is 2.95. The molecule has 0 radical (unpaired) electrons. The van der Waals surface area contributed by atoms with Gasteiger partial charge in [-0.25, -0.2) is 0 Å². The van der Waals surface area contributed by atoms with Gasteiger partial charge in [-0.05, 0) is 37.1 Å². The quantitative estimate of drug-likeness (QED) is 0.835. The lowest BCUT2D eigenvalue weighted by Crippen LogP contribution is -2.27. The molecule has 1 aromatic rings. The Balaban J connectivity index is 2.23. The molecule has 23 heavy (non-hydrogen) atoms. The number of anilines is 2. The van der Waals surface area contributed by atoms with Crippen LogP contribution in [0.2, 0.25) is 0 Å². The van der Waals surface area contributed by atoms with Gasteiger partial charge in [0, 0.05) is 12.3 Å². The number of benzene rings is 1. The highest BCUT2D eigenvalue weighted by molar-refractivity contribution is 6.00. The van der Waals surface area contributed by atoms with Crippen LogP contribution in [-0.2, 0) is 20.5 Å². The SMILES string of the molecule is C=CC(=O)Nc1ccc(NC(=O)C2CCCO2)cc1C(F)(F)F. The third-order valence-corrected chi connectivity index (χ3v) is 3.26. The van der Waals surface area contributed by atoms with Crippen LogP contribution in [0.4, 0.5) is 24.5 Å². The number of alkyl halides is 3. The summed E-state index contributed by atoms with van der Waals surface area (Å²) in [5.74, 6) is -1.25. The average molecular weight is 328 g/mol. The molecule has 1 atom stereocenters. The molecule has 1 aliphatic rings. The second-order valence-electron chi connectivity index (χ2n) is 4.94. The van der Waals surface area contributed by atoms with Crippen LogP contribution < -0.4 is 10.6 Å². The largest absolute Gasteiger partial charge is 0.418 e. The number of rotatable bonds is 4. The lowest BCUT2D eigenvalue weighted by atomic mass is 10.1. The van der Waals surface area contributed by atoms with E-state index in [-0.39, 0.29) is 5.69 Å². The van der Waals surface area contributed by atoms with E-state index in [1.165, 1.54) is 6.07 Å². The number of carbonyl (C=O) groups is 2. The van der Waals surface area contributed by atoms with E-state index in [0.717, 1.165) is 24.6 Å². The molecule has 1 saturated heterocycles. The predicted molar refractivity (Wildman–Crippen MR) is 77.9 cm³/mol. The van der Waals surface area contributed by atoms with E-state index in [0.29, 0.717) is 13.0 Å². The maximum absolute atomic E-state index is 13.1. The van der Waals surface area contributed by atoms with Crippen molar-refractivity contribution >= 4 is 23.2 Å². The molecule has 5 nitrogen and oxygen atoms in total. The van der Waals surface area contributed by atoms with E-state index < -0.39 is 35.3 Å². The molecule has 124 valence electrons. The maximum atomic E-state index is 13.1. The van der Waals surface area contributed by atoms with Crippen molar-refractivity contribution in [2.45, 2.75) is 25.1 Å². The highest BCUT2D eigenvalue weighted by atomic mass is 19.4. The molecule has 0 bridgehead atoms. The van der Waals surface area contributed by atoms with Gasteiger partial charge in [0.05, 0.1) is 11.3 Å². The van der Waals surface area contributed by atoms with E-state index in [1.54, 1.807) is 0 Å². The van der Waals surface area contributed by atoms with Gasteiger partial charge in [-0.3, -0.25) is 9.59 Å². The van der Waals surface area contributed by atoms with E-state index in [9.17, 15) is 22.8 Å². The molecular formula is C15H15F3N2O3. The highest BCUT2D eigenvalue weighted by Gasteiger charge is 2.34. The number of hydrogen-bond acceptors (Lipinski definition) is 3. The van der Waals surface area contributed by atoms with Crippen molar-refractivity contribution in [3.63, 3.8) is 0 Å². The van der Waals surface area contributed by atoms with E-state index in [2.05, 4.69) is 17.2 Å². The third kappa shape index (κ3) is 4.32. The first-order valence-electron chi connectivity index (χ1n) is 6.88. The van der Waals surface area contributed by atoms with Crippen LogP contribution in [0.1, 0.15) is 18.4 Å². The van der Waals surface area contributed by atoms with Gasteiger partial charge in [0.15, 0.2) is 0 Å². The Hall–Kier alpha value is -2.35. The van der Waals surface area contributed by atoms with Gasteiger partial charge in [0.25, 0.3) is 5.91 Å². The van der Waals surface area contributed by atoms with Gasteiger partial charge in [-0.1, -0.05) is 6.58 Å². The molecule has 2 rings (SSSR count). The fraction of sp³-hybridized carbons (Fsp3) is 0.333. The lowest BCUT2D eigenvalue weighted by Gasteiger charge is -2.16. The molecule has 0 saturated carbocycles.